The third-order valence-electron chi connectivity index (χ3n) is 3.15. The lowest BCUT2D eigenvalue weighted by Gasteiger charge is -2.20. The molecule has 88 valence electrons. The van der Waals surface area contributed by atoms with Gasteiger partial charge in [0.2, 0.25) is 0 Å². The molecule has 0 bridgehead atoms. The molecule has 3 N–H and O–H groups in total. The molecule has 1 saturated carbocycles. The summed E-state index contributed by atoms with van der Waals surface area (Å²) in [5.74, 6) is -0.285. The van der Waals surface area contributed by atoms with E-state index in [-0.39, 0.29) is 12.4 Å². The van der Waals surface area contributed by atoms with Gasteiger partial charge in [-0.25, -0.2) is 9.38 Å². The maximum Gasteiger partial charge on any atom is 0.129 e. The molecule has 3 nitrogen and oxygen atoms in total. The monoisotopic (exact) mass is 231 g/mol. The Balaban J connectivity index is 2.11. The molecule has 1 aromatic rings. The molecule has 1 aliphatic heterocycles. The summed E-state index contributed by atoms with van der Waals surface area (Å²) in [7, 11) is 0. The first kappa shape index (κ1) is 10.5. The van der Waals surface area contributed by atoms with Crippen LogP contribution in [-0.2, 0) is 6.54 Å². The van der Waals surface area contributed by atoms with Gasteiger partial charge in [-0.2, -0.15) is 0 Å². The molecule has 1 aliphatic carbocycles. The summed E-state index contributed by atoms with van der Waals surface area (Å²) >= 11 is 0. The average Bonchev–Trinajstić information content (AvgIpc) is 3.11. The lowest BCUT2D eigenvalue weighted by Crippen LogP contribution is -2.14. The van der Waals surface area contributed by atoms with Crippen LogP contribution in [0.4, 0.5) is 15.8 Å². The molecule has 0 saturated heterocycles. The summed E-state index contributed by atoms with van der Waals surface area (Å²) in [5.41, 5.74) is 11.0. The van der Waals surface area contributed by atoms with Crippen molar-refractivity contribution in [1.29, 1.82) is 0 Å². The van der Waals surface area contributed by atoms with Crippen LogP contribution in [0.25, 0.3) is 0 Å². The topological polar surface area (TPSA) is 50.4 Å². The van der Waals surface area contributed by atoms with Crippen molar-refractivity contribution < 1.29 is 4.39 Å². The van der Waals surface area contributed by atoms with Crippen molar-refractivity contribution in [2.75, 3.05) is 5.32 Å². The molecule has 2 aliphatic rings. The fourth-order valence-corrected chi connectivity index (χ4v) is 2.08. The molecule has 17 heavy (non-hydrogen) atoms. The highest BCUT2D eigenvalue weighted by Crippen LogP contribution is 2.39. The van der Waals surface area contributed by atoms with Gasteiger partial charge in [-0.1, -0.05) is 0 Å². The lowest BCUT2D eigenvalue weighted by atomic mass is 10.1. The number of halogens is 1. The minimum Gasteiger partial charge on any atom is -0.352 e. The molecule has 1 heterocycles. The molecule has 0 atom stereocenters. The first-order valence-electron chi connectivity index (χ1n) is 5.76. The zero-order valence-corrected chi connectivity index (χ0v) is 9.68. The third kappa shape index (κ3) is 1.74. The second-order valence-corrected chi connectivity index (χ2v) is 4.47. The number of fused-ring (bicyclic) bond motifs is 1. The van der Waals surface area contributed by atoms with Gasteiger partial charge in [0.1, 0.15) is 5.82 Å². The molecule has 3 rings (SSSR count). The number of allylic oxidation sites excluding steroid dienone is 2. The van der Waals surface area contributed by atoms with Crippen LogP contribution >= 0.6 is 0 Å². The number of nitrogens with one attached hydrogen (secondary N) is 1. The molecular formula is C13H14FN3. The van der Waals surface area contributed by atoms with Crippen molar-refractivity contribution >= 4 is 17.1 Å². The maximum atomic E-state index is 13.6. The number of benzene rings is 1. The van der Waals surface area contributed by atoms with Gasteiger partial charge >= 0.3 is 0 Å². The van der Waals surface area contributed by atoms with E-state index < -0.39 is 0 Å². The van der Waals surface area contributed by atoms with E-state index in [0.717, 1.165) is 29.9 Å². The van der Waals surface area contributed by atoms with Gasteiger partial charge in [0.05, 0.1) is 22.8 Å². The SMILES string of the molecule is CC1=Nc2cc(F)c(CN)cc2NC1=C1CC1. The minimum atomic E-state index is -0.285. The second-order valence-electron chi connectivity index (χ2n) is 4.47. The largest absolute Gasteiger partial charge is 0.352 e. The van der Waals surface area contributed by atoms with E-state index in [9.17, 15) is 4.39 Å². The van der Waals surface area contributed by atoms with Crippen molar-refractivity contribution in [1.82, 2.24) is 0 Å². The van der Waals surface area contributed by atoms with Gasteiger partial charge < -0.3 is 11.1 Å². The van der Waals surface area contributed by atoms with Crippen molar-refractivity contribution in [2.45, 2.75) is 26.3 Å². The highest BCUT2D eigenvalue weighted by atomic mass is 19.1. The van der Waals surface area contributed by atoms with Crippen molar-refractivity contribution in [3.05, 3.63) is 34.8 Å². The van der Waals surface area contributed by atoms with Gasteiger partial charge in [-0.05, 0) is 31.4 Å². The van der Waals surface area contributed by atoms with E-state index in [1.165, 1.54) is 11.6 Å². The summed E-state index contributed by atoms with van der Waals surface area (Å²) in [6.45, 7) is 2.15. The fourth-order valence-electron chi connectivity index (χ4n) is 2.08. The molecule has 0 spiro atoms. The van der Waals surface area contributed by atoms with Crippen LogP contribution in [0, 0.1) is 5.82 Å². The number of hydrogen-bond acceptors (Lipinski definition) is 3. The maximum absolute atomic E-state index is 13.6. The highest BCUT2D eigenvalue weighted by molar-refractivity contribution is 6.07. The number of rotatable bonds is 1. The summed E-state index contributed by atoms with van der Waals surface area (Å²) in [5, 5.41) is 3.34. The second kappa shape index (κ2) is 3.67. The number of aliphatic imine (C=N–C) groups is 1. The van der Waals surface area contributed by atoms with E-state index in [4.69, 9.17) is 5.73 Å². The Morgan fingerprint density at radius 1 is 1.41 bits per heavy atom. The Morgan fingerprint density at radius 2 is 2.18 bits per heavy atom. The lowest BCUT2D eigenvalue weighted by molar-refractivity contribution is 0.611. The summed E-state index contributed by atoms with van der Waals surface area (Å²) < 4.78 is 13.6. The Labute approximate surface area is 99.2 Å². The first-order chi connectivity index (χ1) is 8.19. The van der Waals surface area contributed by atoms with Crippen molar-refractivity contribution in [3.63, 3.8) is 0 Å². The van der Waals surface area contributed by atoms with E-state index in [1.54, 1.807) is 6.07 Å². The normalized spacial score (nSPS) is 17.5. The predicted molar refractivity (Wildman–Crippen MR) is 66.9 cm³/mol. The summed E-state index contributed by atoms with van der Waals surface area (Å²) in [6.07, 6.45) is 2.27. The third-order valence-corrected chi connectivity index (χ3v) is 3.15. The van der Waals surface area contributed by atoms with E-state index >= 15 is 0 Å². The average molecular weight is 231 g/mol. The van der Waals surface area contributed by atoms with Crippen LogP contribution in [0.1, 0.15) is 25.3 Å². The Hall–Kier alpha value is -1.68. The first-order valence-corrected chi connectivity index (χ1v) is 5.76. The van der Waals surface area contributed by atoms with Gasteiger partial charge in [0.25, 0.3) is 0 Å². The van der Waals surface area contributed by atoms with E-state index in [0.29, 0.717) is 11.3 Å². The molecule has 0 amide bonds. The zero-order valence-electron chi connectivity index (χ0n) is 9.68. The van der Waals surface area contributed by atoms with Gasteiger partial charge in [-0.3, -0.25) is 0 Å². The smallest absolute Gasteiger partial charge is 0.129 e. The fraction of sp³-hybridized carbons (Fsp3) is 0.308. The summed E-state index contributed by atoms with van der Waals surface area (Å²) in [6, 6.07) is 3.20. The molecule has 0 aromatic heterocycles. The highest BCUT2D eigenvalue weighted by Gasteiger charge is 2.23. The van der Waals surface area contributed by atoms with Crippen molar-refractivity contribution in [3.8, 4) is 0 Å². The van der Waals surface area contributed by atoms with Crippen LogP contribution in [0.2, 0.25) is 0 Å². The van der Waals surface area contributed by atoms with Crippen LogP contribution in [-0.4, -0.2) is 5.71 Å². The van der Waals surface area contributed by atoms with Crippen LogP contribution < -0.4 is 11.1 Å². The predicted octanol–water partition coefficient (Wildman–Crippen LogP) is 2.85. The Kier molecular flexibility index (Phi) is 2.26. The van der Waals surface area contributed by atoms with Crippen LogP contribution in [0.15, 0.2) is 28.4 Å². The zero-order chi connectivity index (χ0) is 12.0. The Bertz CT molecular complexity index is 552. The Morgan fingerprint density at radius 3 is 2.82 bits per heavy atom. The molecule has 4 heteroatoms. The van der Waals surface area contributed by atoms with E-state index in [1.807, 2.05) is 6.92 Å². The number of nitrogens with zero attached hydrogens (tertiary/aromatic N) is 1. The van der Waals surface area contributed by atoms with Gasteiger partial charge in [0, 0.05) is 18.2 Å². The quantitative estimate of drug-likeness (QED) is 0.780. The minimum absolute atomic E-state index is 0.204. The number of anilines is 1. The molecule has 1 aromatic carbocycles. The summed E-state index contributed by atoms with van der Waals surface area (Å²) in [4.78, 5) is 4.44. The van der Waals surface area contributed by atoms with Crippen LogP contribution in [0.3, 0.4) is 0 Å². The molecule has 1 fully saturated rings. The molecule has 0 unspecified atom stereocenters. The van der Waals surface area contributed by atoms with Crippen LogP contribution in [0.5, 0.6) is 0 Å². The van der Waals surface area contributed by atoms with Crippen molar-refractivity contribution in [2.24, 2.45) is 10.7 Å². The van der Waals surface area contributed by atoms with Gasteiger partial charge in [-0.15, -0.1) is 0 Å². The standard InChI is InChI=1S/C13H14FN3/c1-7-13(8-2-3-8)17-11-4-9(6-15)10(14)5-12(11)16-7/h4-5,17H,2-3,6,15H2,1H3. The number of nitrogens with two attached hydrogens (primary N) is 1. The van der Waals surface area contributed by atoms with E-state index in [2.05, 4.69) is 10.3 Å². The number of hydrogen-bond donors (Lipinski definition) is 2. The van der Waals surface area contributed by atoms with Gasteiger partial charge in [0.15, 0.2) is 0 Å². The molecule has 0 radical (unpaired) electrons. The molecular weight excluding hydrogens is 217 g/mol.